The Labute approximate surface area is 129 Å². The number of hydrogen-bond donors (Lipinski definition) is 3. The van der Waals surface area contributed by atoms with Gasteiger partial charge in [-0.3, -0.25) is 14.9 Å². The van der Waals surface area contributed by atoms with Crippen LogP contribution >= 0.6 is 0 Å². The summed E-state index contributed by atoms with van der Waals surface area (Å²) in [4.78, 5) is 34.5. The summed E-state index contributed by atoms with van der Waals surface area (Å²) in [5.41, 5.74) is 1.34. The lowest BCUT2D eigenvalue weighted by atomic mass is 10.1. The quantitative estimate of drug-likeness (QED) is 0.727. The number of hydrogen-bond acceptors (Lipinski definition) is 4. The topological polar surface area (TPSA) is 87.3 Å². The smallest absolute Gasteiger partial charge is 0.321 e. The van der Waals surface area contributed by atoms with Crippen molar-refractivity contribution >= 4 is 23.4 Å². The summed E-state index contributed by atoms with van der Waals surface area (Å²) in [7, 11) is 0. The highest BCUT2D eigenvalue weighted by molar-refractivity contribution is 5.96. The molecule has 2 rings (SSSR count). The molecule has 0 saturated heterocycles. The van der Waals surface area contributed by atoms with E-state index in [1.54, 1.807) is 24.3 Å². The highest BCUT2D eigenvalue weighted by Gasteiger charge is 2.17. The summed E-state index contributed by atoms with van der Waals surface area (Å²) >= 11 is 0. The molecule has 0 aromatic heterocycles. The van der Waals surface area contributed by atoms with Crippen LogP contribution in [0.3, 0.4) is 0 Å². The average molecular weight is 303 g/mol. The third-order valence-corrected chi connectivity index (χ3v) is 3.69. The van der Waals surface area contributed by atoms with Gasteiger partial charge in [0.2, 0.25) is 5.91 Å². The second kappa shape index (κ2) is 7.59. The van der Waals surface area contributed by atoms with Gasteiger partial charge in [0.25, 0.3) is 0 Å². The Hall–Kier alpha value is -2.37. The van der Waals surface area contributed by atoms with Gasteiger partial charge in [-0.25, -0.2) is 4.79 Å². The summed E-state index contributed by atoms with van der Waals surface area (Å²) in [6, 6.07) is 6.57. The molecule has 6 nitrogen and oxygen atoms in total. The molecule has 1 aromatic rings. The van der Waals surface area contributed by atoms with E-state index in [0.717, 1.165) is 31.4 Å². The number of carbonyl (C=O) groups is 3. The van der Waals surface area contributed by atoms with E-state index >= 15 is 0 Å². The number of nitrogens with one attached hydrogen (secondary N) is 3. The molecule has 0 aliphatic heterocycles. The highest BCUT2D eigenvalue weighted by Crippen LogP contribution is 2.17. The Kier molecular flexibility index (Phi) is 5.52. The van der Waals surface area contributed by atoms with Gasteiger partial charge in [0.1, 0.15) is 0 Å². The largest absolute Gasteiger partial charge is 0.376 e. The van der Waals surface area contributed by atoms with Gasteiger partial charge in [0.05, 0.1) is 6.54 Å². The minimum Gasteiger partial charge on any atom is -0.376 e. The molecular formula is C16H21N3O3. The standard InChI is InChI=1S/C16H21N3O3/c1-11(20)12-6-8-13(9-7-12)17-10-15(21)19-16(22)18-14-4-2-3-5-14/h6-9,14,17H,2-5,10H2,1H3,(H2,18,19,21,22). The molecule has 0 unspecified atom stereocenters. The van der Waals surface area contributed by atoms with Gasteiger partial charge >= 0.3 is 6.03 Å². The maximum absolute atomic E-state index is 11.7. The first kappa shape index (κ1) is 16.0. The van der Waals surface area contributed by atoms with Crippen LogP contribution in [0.5, 0.6) is 0 Å². The molecule has 3 N–H and O–H groups in total. The van der Waals surface area contributed by atoms with E-state index in [2.05, 4.69) is 16.0 Å². The molecule has 0 bridgehead atoms. The molecule has 1 aliphatic rings. The van der Waals surface area contributed by atoms with Crippen molar-refractivity contribution in [2.24, 2.45) is 0 Å². The van der Waals surface area contributed by atoms with Crippen LogP contribution in [0, 0.1) is 0 Å². The lowest BCUT2D eigenvalue weighted by Crippen LogP contribution is -2.45. The summed E-state index contributed by atoms with van der Waals surface area (Å²) in [5, 5.41) is 8.00. The Bertz CT molecular complexity index is 548. The first-order chi connectivity index (χ1) is 10.5. The molecule has 118 valence electrons. The van der Waals surface area contributed by atoms with Crippen molar-refractivity contribution in [2.45, 2.75) is 38.6 Å². The van der Waals surface area contributed by atoms with E-state index in [-0.39, 0.29) is 18.4 Å². The molecule has 1 aromatic carbocycles. The van der Waals surface area contributed by atoms with E-state index in [1.807, 2.05) is 0 Å². The van der Waals surface area contributed by atoms with E-state index in [4.69, 9.17) is 0 Å². The van der Waals surface area contributed by atoms with Crippen molar-refractivity contribution in [1.29, 1.82) is 0 Å². The molecule has 0 heterocycles. The number of rotatable bonds is 5. The van der Waals surface area contributed by atoms with Gasteiger partial charge in [0.15, 0.2) is 5.78 Å². The zero-order valence-corrected chi connectivity index (χ0v) is 12.6. The van der Waals surface area contributed by atoms with Crippen LogP contribution in [0.2, 0.25) is 0 Å². The Morgan fingerprint density at radius 2 is 1.73 bits per heavy atom. The predicted molar refractivity (Wildman–Crippen MR) is 83.9 cm³/mol. The van der Waals surface area contributed by atoms with Crippen molar-refractivity contribution in [2.75, 3.05) is 11.9 Å². The zero-order chi connectivity index (χ0) is 15.9. The van der Waals surface area contributed by atoms with E-state index < -0.39 is 11.9 Å². The Morgan fingerprint density at radius 1 is 1.09 bits per heavy atom. The highest BCUT2D eigenvalue weighted by atomic mass is 16.2. The normalized spacial score (nSPS) is 14.4. The lowest BCUT2D eigenvalue weighted by molar-refractivity contribution is -0.118. The molecule has 0 spiro atoms. The Balaban J connectivity index is 1.72. The third-order valence-electron chi connectivity index (χ3n) is 3.69. The van der Waals surface area contributed by atoms with Crippen LogP contribution in [0.25, 0.3) is 0 Å². The molecule has 0 radical (unpaired) electrons. The van der Waals surface area contributed by atoms with Crippen molar-refractivity contribution in [3.8, 4) is 0 Å². The number of ketones is 1. The summed E-state index contributed by atoms with van der Waals surface area (Å²) in [6.45, 7) is 1.50. The van der Waals surface area contributed by atoms with Gasteiger partial charge in [-0.05, 0) is 44.0 Å². The van der Waals surface area contributed by atoms with Crippen LogP contribution in [0.4, 0.5) is 10.5 Å². The summed E-state index contributed by atoms with van der Waals surface area (Å²) in [6.07, 6.45) is 4.19. The van der Waals surface area contributed by atoms with Crippen LogP contribution in [-0.4, -0.2) is 30.3 Å². The molecule has 1 fully saturated rings. The molecule has 0 atom stereocenters. The minimum atomic E-state index is -0.439. The van der Waals surface area contributed by atoms with E-state index in [0.29, 0.717) is 5.56 Å². The second-order valence-corrected chi connectivity index (χ2v) is 5.49. The van der Waals surface area contributed by atoms with Crippen LogP contribution < -0.4 is 16.0 Å². The lowest BCUT2D eigenvalue weighted by Gasteiger charge is -2.12. The monoisotopic (exact) mass is 303 g/mol. The fraction of sp³-hybridized carbons (Fsp3) is 0.438. The molecular weight excluding hydrogens is 282 g/mol. The van der Waals surface area contributed by atoms with Gasteiger partial charge in [-0.15, -0.1) is 0 Å². The number of benzene rings is 1. The van der Waals surface area contributed by atoms with E-state index in [9.17, 15) is 14.4 Å². The van der Waals surface area contributed by atoms with Gasteiger partial charge in [0, 0.05) is 17.3 Å². The van der Waals surface area contributed by atoms with Crippen LogP contribution in [-0.2, 0) is 4.79 Å². The predicted octanol–water partition coefficient (Wildman–Crippen LogP) is 2.07. The molecule has 3 amide bonds. The van der Waals surface area contributed by atoms with Crippen molar-refractivity contribution in [1.82, 2.24) is 10.6 Å². The van der Waals surface area contributed by atoms with Gasteiger partial charge in [-0.1, -0.05) is 12.8 Å². The maximum atomic E-state index is 11.7. The number of carbonyl (C=O) groups excluding carboxylic acids is 3. The second-order valence-electron chi connectivity index (χ2n) is 5.49. The van der Waals surface area contributed by atoms with Crippen LogP contribution in [0.15, 0.2) is 24.3 Å². The summed E-state index contributed by atoms with van der Waals surface area (Å²) in [5.74, 6) is -0.404. The number of amides is 3. The average Bonchev–Trinajstić information content (AvgIpc) is 2.98. The van der Waals surface area contributed by atoms with Crippen LogP contribution in [0.1, 0.15) is 43.0 Å². The SMILES string of the molecule is CC(=O)c1ccc(NCC(=O)NC(=O)NC2CCCC2)cc1. The molecule has 1 aliphatic carbocycles. The molecule has 1 saturated carbocycles. The number of Topliss-reactive ketones (excluding diaryl/α,β-unsaturated/α-hetero) is 1. The number of urea groups is 1. The van der Waals surface area contributed by atoms with Crippen molar-refractivity contribution < 1.29 is 14.4 Å². The molecule has 6 heteroatoms. The maximum Gasteiger partial charge on any atom is 0.321 e. The molecule has 22 heavy (non-hydrogen) atoms. The third kappa shape index (κ3) is 4.87. The summed E-state index contributed by atoms with van der Waals surface area (Å²) < 4.78 is 0. The van der Waals surface area contributed by atoms with Gasteiger partial charge < -0.3 is 10.6 Å². The zero-order valence-electron chi connectivity index (χ0n) is 12.6. The first-order valence-corrected chi connectivity index (χ1v) is 7.50. The fourth-order valence-corrected chi connectivity index (χ4v) is 2.47. The van der Waals surface area contributed by atoms with Crippen molar-refractivity contribution in [3.05, 3.63) is 29.8 Å². The Morgan fingerprint density at radius 3 is 2.32 bits per heavy atom. The fourth-order valence-electron chi connectivity index (χ4n) is 2.47. The number of imide groups is 1. The number of anilines is 1. The van der Waals surface area contributed by atoms with Gasteiger partial charge in [-0.2, -0.15) is 0 Å². The minimum absolute atomic E-state index is 0.00248. The van der Waals surface area contributed by atoms with E-state index in [1.165, 1.54) is 6.92 Å². The first-order valence-electron chi connectivity index (χ1n) is 7.50. The van der Waals surface area contributed by atoms with Crippen molar-refractivity contribution in [3.63, 3.8) is 0 Å².